The van der Waals surface area contributed by atoms with E-state index in [0.717, 1.165) is 22.3 Å². The second kappa shape index (κ2) is 3.25. The second-order valence-electron chi connectivity index (χ2n) is 5.00. The van der Waals surface area contributed by atoms with Crippen LogP contribution in [0.4, 0.5) is 0 Å². The maximum absolute atomic E-state index is 7.96. The maximum atomic E-state index is 7.96. The van der Waals surface area contributed by atoms with Crippen LogP contribution in [0.1, 0.15) is 9.68 Å². The van der Waals surface area contributed by atoms with E-state index in [-0.39, 0.29) is 0 Å². The van der Waals surface area contributed by atoms with Crippen molar-refractivity contribution in [2.45, 2.75) is 6.54 Å². The van der Waals surface area contributed by atoms with Crippen LogP contribution in [0.25, 0.3) is 28.1 Å². The third-order valence-corrected chi connectivity index (χ3v) is 3.93. The SMILES string of the molecule is [2H]C([2H])([2H])n1c2ncccc2n2c[n+]3c(c12)-c1ccncc1C3. The van der Waals surface area contributed by atoms with Gasteiger partial charge in [0, 0.05) is 40.8 Å². The number of aromatic nitrogens is 5. The minimum Gasteiger partial charge on any atom is -0.289 e. The standard InChI is InChI=1S/C15H12N5/c1-18-14-12(3-2-5-17-14)20-9-19-8-10-7-16-6-4-11(10)13(19)15(18)20/h2-7,9H,8H2,1H3/q+1/i1D3. The van der Waals surface area contributed by atoms with E-state index in [4.69, 9.17) is 4.11 Å². The molecule has 0 bridgehead atoms. The van der Waals surface area contributed by atoms with Gasteiger partial charge in [-0.15, -0.1) is 0 Å². The van der Waals surface area contributed by atoms with Gasteiger partial charge in [0.15, 0.2) is 11.2 Å². The average Bonchev–Trinajstić information content (AvgIpc) is 3.12. The molecule has 5 heterocycles. The molecule has 0 spiro atoms. The number of hydrogen-bond acceptors (Lipinski definition) is 2. The van der Waals surface area contributed by atoms with E-state index in [1.807, 2.05) is 35.1 Å². The summed E-state index contributed by atoms with van der Waals surface area (Å²) in [5, 5.41) is 0. The van der Waals surface area contributed by atoms with Gasteiger partial charge in [-0.2, -0.15) is 4.40 Å². The number of aryl methyl sites for hydroxylation is 1. The molecule has 0 N–H and O–H groups in total. The Bertz CT molecular complexity index is 1090. The van der Waals surface area contributed by atoms with Gasteiger partial charge < -0.3 is 0 Å². The van der Waals surface area contributed by atoms with Gasteiger partial charge in [-0.25, -0.2) is 9.55 Å². The Kier molecular flexibility index (Phi) is 1.27. The molecule has 5 nitrogen and oxygen atoms in total. The maximum Gasteiger partial charge on any atom is 0.256 e. The van der Waals surface area contributed by atoms with Gasteiger partial charge in [-0.3, -0.25) is 9.55 Å². The van der Waals surface area contributed by atoms with E-state index >= 15 is 0 Å². The minimum absolute atomic E-state index is 0.466. The molecule has 0 fully saturated rings. The fourth-order valence-corrected chi connectivity index (χ4v) is 3.10. The van der Waals surface area contributed by atoms with Crippen LogP contribution in [0.3, 0.4) is 0 Å². The van der Waals surface area contributed by atoms with Crippen LogP contribution in [0, 0.1) is 0 Å². The fourth-order valence-electron chi connectivity index (χ4n) is 3.10. The van der Waals surface area contributed by atoms with Gasteiger partial charge in [0.1, 0.15) is 6.54 Å². The summed E-state index contributed by atoms with van der Waals surface area (Å²) < 4.78 is 29.2. The van der Waals surface area contributed by atoms with Gasteiger partial charge in [-0.1, -0.05) is 0 Å². The first-order chi connectivity index (χ1) is 11.1. The summed E-state index contributed by atoms with van der Waals surface area (Å²) in [4.78, 5) is 8.46. The topological polar surface area (TPSA) is 39.0 Å². The zero-order chi connectivity index (χ0) is 15.8. The number of nitrogens with zero attached hydrogens (tertiary/aromatic N) is 5. The predicted molar refractivity (Wildman–Crippen MR) is 74.2 cm³/mol. The Balaban J connectivity index is 2.02. The van der Waals surface area contributed by atoms with Crippen LogP contribution in [0.15, 0.2) is 43.1 Å². The van der Waals surface area contributed by atoms with Crippen LogP contribution in [-0.4, -0.2) is 18.9 Å². The molecule has 0 saturated heterocycles. The zero-order valence-electron chi connectivity index (χ0n) is 13.5. The average molecular weight is 265 g/mol. The summed E-state index contributed by atoms with van der Waals surface area (Å²) in [5.41, 5.74) is 4.92. The Morgan fingerprint density at radius 1 is 1.35 bits per heavy atom. The summed E-state index contributed by atoms with van der Waals surface area (Å²) in [7, 11) is 0. The van der Waals surface area contributed by atoms with Crippen molar-refractivity contribution in [1.29, 1.82) is 0 Å². The molecular weight excluding hydrogens is 250 g/mol. The smallest absolute Gasteiger partial charge is 0.256 e. The first kappa shape index (κ1) is 7.79. The molecule has 0 aliphatic carbocycles. The number of hydrogen-bond donors (Lipinski definition) is 0. The Morgan fingerprint density at radius 3 is 3.30 bits per heavy atom. The van der Waals surface area contributed by atoms with E-state index in [0.29, 0.717) is 17.8 Å². The molecule has 4 aromatic rings. The summed E-state index contributed by atoms with van der Waals surface area (Å²) in [6.45, 7) is -1.61. The molecule has 0 radical (unpaired) electrons. The molecule has 20 heavy (non-hydrogen) atoms. The lowest BCUT2D eigenvalue weighted by atomic mass is 10.1. The molecular formula is C15H12N5+. The van der Waals surface area contributed by atoms with Crippen LogP contribution in [0.5, 0.6) is 0 Å². The molecule has 5 rings (SSSR count). The molecule has 5 heteroatoms. The lowest BCUT2D eigenvalue weighted by molar-refractivity contribution is -0.671. The molecule has 4 aromatic heterocycles. The zero-order valence-corrected chi connectivity index (χ0v) is 10.5. The van der Waals surface area contributed by atoms with Crippen LogP contribution >= 0.6 is 0 Å². The quantitative estimate of drug-likeness (QED) is 0.398. The molecule has 0 atom stereocenters. The Morgan fingerprint density at radius 2 is 2.35 bits per heavy atom. The highest BCUT2D eigenvalue weighted by molar-refractivity contribution is 5.85. The van der Waals surface area contributed by atoms with E-state index in [1.165, 1.54) is 4.57 Å². The largest absolute Gasteiger partial charge is 0.289 e. The first-order valence-corrected chi connectivity index (χ1v) is 6.39. The van der Waals surface area contributed by atoms with E-state index in [1.54, 1.807) is 12.4 Å². The Labute approximate surface area is 119 Å². The summed E-state index contributed by atoms with van der Waals surface area (Å²) in [5.74, 6) is 0. The molecule has 96 valence electrons. The lowest BCUT2D eigenvalue weighted by Gasteiger charge is -1.94. The van der Waals surface area contributed by atoms with Gasteiger partial charge >= 0.3 is 0 Å². The Hall–Kier alpha value is -2.69. The third kappa shape index (κ3) is 1.02. The summed E-state index contributed by atoms with van der Waals surface area (Å²) in [6.07, 6.45) is 7.13. The van der Waals surface area contributed by atoms with Crippen LogP contribution in [-0.2, 0) is 13.5 Å². The molecule has 1 aliphatic heterocycles. The second-order valence-corrected chi connectivity index (χ2v) is 5.00. The van der Waals surface area contributed by atoms with E-state index in [2.05, 4.69) is 14.5 Å². The van der Waals surface area contributed by atoms with E-state index in [9.17, 15) is 0 Å². The predicted octanol–water partition coefficient (Wildman–Crippen LogP) is 1.54. The number of pyridine rings is 2. The highest BCUT2D eigenvalue weighted by Crippen LogP contribution is 2.32. The van der Waals surface area contributed by atoms with E-state index < -0.39 is 6.98 Å². The number of fused-ring (bicyclic) bond motifs is 7. The van der Waals surface area contributed by atoms with Crippen molar-refractivity contribution in [3.8, 4) is 11.3 Å². The molecule has 0 aromatic carbocycles. The monoisotopic (exact) mass is 265 g/mol. The third-order valence-electron chi connectivity index (χ3n) is 3.93. The van der Waals surface area contributed by atoms with Gasteiger partial charge in [-0.05, 0) is 18.2 Å². The number of imidazole rings is 2. The van der Waals surface area contributed by atoms with Crippen molar-refractivity contribution in [3.63, 3.8) is 0 Å². The van der Waals surface area contributed by atoms with Gasteiger partial charge in [0.05, 0.1) is 0 Å². The minimum atomic E-state index is -2.31. The lowest BCUT2D eigenvalue weighted by Crippen LogP contribution is -2.29. The summed E-state index contributed by atoms with van der Waals surface area (Å²) in [6, 6.07) is 5.64. The fraction of sp³-hybridized carbons (Fsp3) is 0.133. The molecule has 0 amide bonds. The van der Waals surface area contributed by atoms with Gasteiger partial charge in [0.25, 0.3) is 12.0 Å². The van der Waals surface area contributed by atoms with Crippen molar-refractivity contribution in [2.24, 2.45) is 6.98 Å². The van der Waals surface area contributed by atoms with Crippen molar-refractivity contribution in [2.75, 3.05) is 0 Å². The molecule has 0 unspecified atom stereocenters. The van der Waals surface area contributed by atoms with Crippen LogP contribution < -0.4 is 4.57 Å². The normalized spacial score (nSPS) is 15.9. The first-order valence-electron chi connectivity index (χ1n) is 7.89. The highest BCUT2D eigenvalue weighted by atomic mass is 15.2. The highest BCUT2D eigenvalue weighted by Gasteiger charge is 2.32. The summed E-state index contributed by atoms with van der Waals surface area (Å²) >= 11 is 0. The molecule has 0 saturated carbocycles. The van der Waals surface area contributed by atoms with Crippen molar-refractivity contribution < 1.29 is 8.68 Å². The number of rotatable bonds is 0. The molecule has 1 aliphatic rings. The van der Waals surface area contributed by atoms with Gasteiger partial charge in [0.2, 0.25) is 5.69 Å². The van der Waals surface area contributed by atoms with Crippen molar-refractivity contribution in [3.05, 3.63) is 48.7 Å². The van der Waals surface area contributed by atoms with Crippen molar-refractivity contribution >= 4 is 16.8 Å². The van der Waals surface area contributed by atoms with Crippen molar-refractivity contribution in [1.82, 2.24) is 18.9 Å². The van der Waals surface area contributed by atoms with Crippen LogP contribution in [0.2, 0.25) is 0 Å².